The van der Waals surface area contributed by atoms with Crippen molar-refractivity contribution >= 4 is 40.2 Å². The van der Waals surface area contributed by atoms with E-state index in [0.717, 1.165) is 11.1 Å². The Morgan fingerprint density at radius 3 is 2.62 bits per heavy atom. The van der Waals surface area contributed by atoms with Gasteiger partial charge in [0.25, 0.3) is 5.91 Å². The lowest BCUT2D eigenvalue weighted by atomic mass is 10.2. The van der Waals surface area contributed by atoms with Crippen molar-refractivity contribution in [3.05, 3.63) is 46.1 Å². The summed E-state index contributed by atoms with van der Waals surface area (Å²) in [6.45, 7) is 0. The van der Waals surface area contributed by atoms with Gasteiger partial charge in [-0.05, 0) is 18.2 Å². The average molecular weight is 324 g/mol. The van der Waals surface area contributed by atoms with E-state index in [1.54, 1.807) is 29.8 Å². The molecule has 0 bridgehead atoms. The van der Waals surface area contributed by atoms with Crippen molar-refractivity contribution in [2.75, 3.05) is 0 Å². The van der Waals surface area contributed by atoms with E-state index in [-0.39, 0.29) is 5.91 Å². The van der Waals surface area contributed by atoms with Crippen LogP contribution in [0, 0.1) is 0 Å². The van der Waals surface area contributed by atoms with Gasteiger partial charge >= 0.3 is 0 Å². The molecular formula is C14H11Cl2N3O2. The maximum absolute atomic E-state index is 11.6. The van der Waals surface area contributed by atoms with Gasteiger partial charge in [0, 0.05) is 24.7 Å². The second kappa shape index (κ2) is 5.11. The molecular weight excluding hydrogens is 313 g/mol. The number of rotatable bonds is 2. The first-order valence-corrected chi connectivity index (χ1v) is 6.82. The lowest BCUT2D eigenvalue weighted by Gasteiger charge is -2.01. The highest BCUT2D eigenvalue weighted by Gasteiger charge is 2.17. The highest BCUT2D eigenvalue weighted by atomic mass is 35.5. The molecule has 0 aliphatic rings. The van der Waals surface area contributed by atoms with Crippen LogP contribution in [-0.4, -0.2) is 10.5 Å². The van der Waals surface area contributed by atoms with Crippen molar-refractivity contribution in [1.29, 1.82) is 0 Å². The minimum atomic E-state index is -0.375. The Labute approximate surface area is 130 Å². The van der Waals surface area contributed by atoms with Gasteiger partial charge in [-0.3, -0.25) is 10.2 Å². The van der Waals surface area contributed by atoms with Crippen LogP contribution >= 0.6 is 23.2 Å². The molecule has 3 aromatic rings. The van der Waals surface area contributed by atoms with Crippen molar-refractivity contribution in [1.82, 2.24) is 9.99 Å². The summed E-state index contributed by atoms with van der Waals surface area (Å²) in [5, 5.41) is 0.941. The number of hydrogen-bond acceptors (Lipinski definition) is 3. The van der Waals surface area contributed by atoms with Gasteiger partial charge in [0.05, 0.1) is 15.6 Å². The number of nitrogens with zero attached hydrogens (tertiary/aromatic N) is 1. The molecule has 0 saturated carbocycles. The number of carbonyl (C=O) groups excluding carboxylic acids is 1. The number of furan rings is 1. The highest BCUT2D eigenvalue weighted by molar-refractivity contribution is 6.42. The Balaban J connectivity index is 2.10. The number of halogens is 2. The predicted molar refractivity (Wildman–Crippen MR) is 82.3 cm³/mol. The molecule has 1 amide bonds. The molecule has 3 rings (SSSR count). The van der Waals surface area contributed by atoms with Gasteiger partial charge in [-0.15, -0.1) is 0 Å². The van der Waals surface area contributed by atoms with Crippen LogP contribution in [0.1, 0.15) is 10.5 Å². The van der Waals surface area contributed by atoms with E-state index in [4.69, 9.17) is 33.5 Å². The zero-order valence-electron chi connectivity index (χ0n) is 11.0. The zero-order valence-corrected chi connectivity index (χ0v) is 12.5. The topological polar surface area (TPSA) is 73.2 Å². The molecule has 2 heterocycles. The fourth-order valence-corrected chi connectivity index (χ4v) is 2.49. The molecule has 0 unspecified atom stereocenters. The van der Waals surface area contributed by atoms with E-state index in [1.807, 2.05) is 12.1 Å². The Morgan fingerprint density at radius 2 is 2.00 bits per heavy atom. The van der Waals surface area contributed by atoms with Crippen molar-refractivity contribution in [3.8, 4) is 11.3 Å². The van der Waals surface area contributed by atoms with E-state index in [1.165, 1.54) is 0 Å². The molecule has 21 heavy (non-hydrogen) atoms. The Morgan fingerprint density at radius 1 is 1.24 bits per heavy atom. The van der Waals surface area contributed by atoms with E-state index in [9.17, 15) is 4.79 Å². The summed E-state index contributed by atoms with van der Waals surface area (Å²) < 4.78 is 7.47. The second-order valence-electron chi connectivity index (χ2n) is 4.55. The van der Waals surface area contributed by atoms with Crippen LogP contribution in [0.5, 0.6) is 0 Å². The normalized spacial score (nSPS) is 11.0. The third kappa shape index (κ3) is 2.29. The molecule has 2 aromatic heterocycles. The number of hydrogen-bond donors (Lipinski definition) is 2. The van der Waals surface area contributed by atoms with Crippen LogP contribution in [0.3, 0.4) is 0 Å². The number of amides is 1. The molecule has 1 aromatic carbocycles. The fraction of sp³-hybridized carbons (Fsp3) is 0.0714. The Bertz CT molecular complexity index is 851. The summed E-state index contributed by atoms with van der Waals surface area (Å²) in [5.74, 6) is 5.42. The van der Waals surface area contributed by atoms with E-state index in [2.05, 4.69) is 5.43 Å². The van der Waals surface area contributed by atoms with Crippen molar-refractivity contribution < 1.29 is 9.21 Å². The Hall–Kier alpha value is -1.95. The molecule has 0 radical (unpaired) electrons. The van der Waals surface area contributed by atoms with Gasteiger partial charge in [-0.1, -0.05) is 23.2 Å². The summed E-state index contributed by atoms with van der Waals surface area (Å²) in [6, 6.07) is 8.73. The predicted octanol–water partition coefficient (Wildman–Crippen LogP) is 3.35. The third-order valence-electron chi connectivity index (χ3n) is 3.30. The first-order chi connectivity index (χ1) is 10.0. The molecule has 7 heteroatoms. The maximum Gasteiger partial charge on any atom is 0.281 e. The number of nitrogen functional groups attached to an aromatic ring is 1. The molecule has 0 spiro atoms. The molecule has 0 fully saturated rings. The van der Waals surface area contributed by atoms with E-state index in [0.29, 0.717) is 27.1 Å². The van der Waals surface area contributed by atoms with Gasteiger partial charge in [-0.2, -0.15) is 0 Å². The number of aromatic nitrogens is 1. The summed E-state index contributed by atoms with van der Waals surface area (Å²) in [7, 11) is 1.76. The Kier molecular flexibility index (Phi) is 3.41. The molecule has 0 aliphatic heterocycles. The quantitative estimate of drug-likeness (QED) is 0.431. The van der Waals surface area contributed by atoms with Crippen molar-refractivity contribution in [3.63, 3.8) is 0 Å². The molecule has 0 saturated heterocycles. The van der Waals surface area contributed by atoms with Gasteiger partial charge in [0.15, 0.2) is 5.58 Å². The van der Waals surface area contributed by atoms with Gasteiger partial charge in [-0.25, -0.2) is 5.84 Å². The van der Waals surface area contributed by atoms with E-state index < -0.39 is 0 Å². The third-order valence-corrected chi connectivity index (χ3v) is 4.04. The average Bonchev–Trinajstić information content (AvgIpc) is 3.01. The number of benzene rings is 1. The lowest BCUT2D eigenvalue weighted by molar-refractivity contribution is 0.0946. The molecule has 108 valence electrons. The number of fused-ring (bicyclic) bond motifs is 1. The van der Waals surface area contributed by atoms with Gasteiger partial charge in [0.2, 0.25) is 0 Å². The van der Waals surface area contributed by atoms with Crippen LogP contribution in [-0.2, 0) is 7.05 Å². The summed E-state index contributed by atoms with van der Waals surface area (Å²) in [6.07, 6.45) is 0. The SMILES string of the molecule is Cn1c(C(=O)NN)cc2oc(-c3ccc(Cl)c(Cl)c3)cc21. The first-order valence-electron chi connectivity index (χ1n) is 6.07. The number of hydrazine groups is 1. The molecule has 0 aliphatic carbocycles. The van der Waals surface area contributed by atoms with Gasteiger partial charge < -0.3 is 8.98 Å². The smallest absolute Gasteiger partial charge is 0.281 e. The van der Waals surface area contributed by atoms with Crippen molar-refractivity contribution in [2.45, 2.75) is 0 Å². The van der Waals surface area contributed by atoms with E-state index >= 15 is 0 Å². The summed E-state index contributed by atoms with van der Waals surface area (Å²) in [5.41, 5.74) is 4.71. The summed E-state index contributed by atoms with van der Waals surface area (Å²) in [4.78, 5) is 11.6. The standard InChI is InChI=1S/C14H11Cl2N3O2/c1-19-10-5-12(7-2-3-8(15)9(16)4-7)21-13(10)6-11(19)14(20)18-17/h2-6H,17H2,1H3,(H,18,20). The number of carbonyl (C=O) groups is 1. The fourth-order valence-electron chi connectivity index (χ4n) is 2.20. The van der Waals surface area contributed by atoms with Crippen LogP contribution in [0.15, 0.2) is 34.7 Å². The van der Waals surface area contributed by atoms with Gasteiger partial charge in [0.1, 0.15) is 11.5 Å². The van der Waals surface area contributed by atoms with Crippen LogP contribution in [0.4, 0.5) is 0 Å². The minimum Gasteiger partial charge on any atom is -0.454 e. The first kappa shape index (κ1) is 14.0. The highest BCUT2D eigenvalue weighted by Crippen LogP contribution is 2.33. The molecule has 0 atom stereocenters. The zero-order chi connectivity index (χ0) is 15.1. The maximum atomic E-state index is 11.6. The minimum absolute atomic E-state index is 0.375. The van der Waals surface area contributed by atoms with Crippen LogP contribution in [0.25, 0.3) is 22.4 Å². The number of nitrogens with one attached hydrogen (secondary N) is 1. The second-order valence-corrected chi connectivity index (χ2v) is 5.37. The number of nitrogens with two attached hydrogens (primary N) is 1. The summed E-state index contributed by atoms with van der Waals surface area (Å²) >= 11 is 11.9. The van der Waals surface area contributed by atoms with Crippen molar-refractivity contribution in [2.24, 2.45) is 12.9 Å². The largest absolute Gasteiger partial charge is 0.454 e. The molecule has 3 N–H and O–H groups in total. The van der Waals surface area contributed by atoms with Crippen LogP contribution in [0.2, 0.25) is 10.0 Å². The lowest BCUT2D eigenvalue weighted by Crippen LogP contribution is -2.31. The van der Waals surface area contributed by atoms with Crippen LogP contribution < -0.4 is 11.3 Å². The monoisotopic (exact) mass is 323 g/mol. The molecule has 5 nitrogen and oxygen atoms in total. The number of aryl methyl sites for hydroxylation is 1.